The Bertz CT molecular complexity index is 757. The number of para-hydroxylation sites is 1. The Kier molecular flexibility index (Phi) is 4.30. The Balaban J connectivity index is 1.89. The Morgan fingerprint density at radius 2 is 1.62 bits per heavy atom. The number of hydrogen-bond acceptors (Lipinski definition) is 3. The van der Waals surface area contributed by atoms with Crippen LogP contribution in [0.2, 0.25) is 0 Å². The third kappa shape index (κ3) is 2.87. The van der Waals surface area contributed by atoms with Gasteiger partial charge in [0, 0.05) is 11.8 Å². The lowest BCUT2D eigenvalue weighted by molar-refractivity contribution is -0.129. The lowest BCUT2D eigenvalue weighted by atomic mass is 9.73. The monoisotopic (exact) mass is 321 g/mol. The number of rotatable bonds is 5. The fourth-order valence-electron chi connectivity index (χ4n) is 3.28. The summed E-state index contributed by atoms with van der Waals surface area (Å²) in [6.07, 6.45) is 1.32. The lowest BCUT2D eigenvalue weighted by Gasteiger charge is -2.28. The molecule has 2 atom stereocenters. The quantitative estimate of drug-likeness (QED) is 0.628. The molecule has 3 rings (SSSR count). The van der Waals surface area contributed by atoms with E-state index in [2.05, 4.69) is 0 Å². The summed E-state index contributed by atoms with van der Waals surface area (Å²) < 4.78 is 0. The molecule has 4 nitrogen and oxygen atoms in total. The van der Waals surface area contributed by atoms with Gasteiger partial charge in [0.15, 0.2) is 0 Å². The molecule has 0 aliphatic carbocycles. The van der Waals surface area contributed by atoms with Crippen LogP contribution in [-0.2, 0) is 20.8 Å². The van der Waals surface area contributed by atoms with Crippen molar-refractivity contribution in [2.45, 2.75) is 19.8 Å². The number of carbonyl (C=O) groups is 3. The van der Waals surface area contributed by atoms with Crippen LogP contribution >= 0.6 is 0 Å². The van der Waals surface area contributed by atoms with Gasteiger partial charge in [-0.25, -0.2) is 0 Å². The van der Waals surface area contributed by atoms with Crippen LogP contribution in [0.1, 0.15) is 18.9 Å². The molecule has 0 N–H and O–H groups in total. The van der Waals surface area contributed by atoms with Gasteiger partial charge in [-0.05, 0) is 24.1 Å². The molecule has 1 saturated heterocycles. The van der Waals surface area contributed by atoms with Crippen molar-refractivity contribution in [2.24, 2.45) is 11.3 Å². The van der Waals surface area contributed by atoms with Gasteiger partial charge in [-0.15, -0.1) is 0 Å². The molecule has 2 aromatic carbocycles. The Hall–Kier alpha value is -2.75. The Labute approximate surface area is 141 Å². The van der Waals surface area contributed by atoms with Gasteiger partial charge in [-0.3, -0.25) is 14.5 Å². The van der Waals surface area contributed by atoms with E-state index in [1.54, 1.807) is 31.2 Å². The van der Waals surface area contributed by atoms with Gasteiger partial charge in [0.05, 0.1) is 11.6 Å². The molecule has 4 heteroatoms. The van der Waals surface area contributed by atoms with Crippen LogP contribution in [0.3, 0.4) is 0 Å². The van der Waals surface area contributed by atoms with Crippen molar-refractivity contribution in [3.05, 3.63) is 66.2 Å². The van der Waals surface area contributed by atoms with Crippen molar-refractivity contribution in [1.82, 2.24) is 0 Å². The van der Waals surface area contributed by atoms with Crippen LogP contribution in [0.5, 0.6) is 0 Å². The van der Waals surface area contributed by atoms with Crippen molar-refractivity contribution in [2.75, 3.05) is 4.90 Å². The smallest absolute Gasteiger partial charge is 0.238 e. The molecule has 0 spiro atoms. The number of amides is 2. The minimum absolute atomic E-state index is 0.0653. The highest BCUT2D eigenvalue weighted by molar-refractivity contribution is 6.21. The molecule has 1 fully saturated rings. The molecule has 1 aliphatic rings. The zero-order valence-electron chi connectivity index (χ0n) is 13.5. The fraction of sp³-hybridized carbons (Fsp3) is 0.250. The fourth-order valence-corrected chi connectivity index (χ4v) is 3.28. The normalized spacial score (nSPS) is 20.0. The number of imide groups is 1. The minimum atomic E-state index is -0.905. The molecule has 24 heavy (non-hydrogen) atoms. The topological polar surface area (TPSA) is 54.5 Å². The average molecular weight is 321 g/mol. The van der Waals surface area contributed by atoms with E-state index in [9.17, 15) is 14.4 Å². The van der Waals surface area contributed by atoms with Crippen molar-refractivity contribution in [3.63, 3.8) is 0 Å². The molecule has 0 bridgehead atoms. The standard InChI is InChI=1S/C20H19NO3/c1-20(14-22,13-15-8-4-2-5-9-15)17-12-18(23)21(19(17)24)16-10-6-3-7-11-16/h2-11,14,17H,12-13H2,1H3/t17-,20?/m1/s1. The van der Waals surface area contributed by atoms with E-state index in [1.807, 2.05) is 36.4 Å². The van der Waals surface area contributed by atoms with Crippen LogP contribution in [0.25, 0.3) is 0 Å². The lowest BCUT2D eigenvalue weighted by Crippen LogP contribution is -2.38. The van der Waals surface area contributed by atoms with Gasteiger partial charge in [0.25, 0.3) is 0 Å². The second-order valence-corrected chi connectivity index (χ2v) is 6.45. The summed E-state index contributed by atoms with van der Waals surface area (Å²) >= 11 is 0. The highest BCUT2D eigenvalue weighted by Crippen LogP contribution is 2.39. The summed E-state index contributed by atoms with van der Waals surface area (Å²) in [5.41, 5.74) is 0.630. The first-order valence-electron chi connectivity index (χ1n) is 7.97. The van der Waals surface area contributed by atoms with E-state index in [0.717, 1.165) is 11.8 Å². The zero-order valence-corrected chi connectivity index (χ0v) is 13.5. The van der Waals surface area contributed by atoms with Crippen molar-refractivity contribution < 1.29 is 14.4 Å². The number of hydrogen-bond donors (Lipinski definition) is 0. The molecule has 0 aromatic heterocycles. The maximum absolute atomic E-state index is 12.9. The van der Waals surface area contributed by atoms with E-state index in [0.29, 0.717) is 12.1 Å². The molecule has 2 aromatic rings. The Morgan fingerprint density at radius 1 is 1.04 bits per heavy atom. The van der Waals surface area contributed by atoms with E-state index < -0.39 is 11.3 Å². The van der Waals surface area contributed by atoms with Crippen LogP contribution in [-0.4, -0.2) is 18.1 Å². The third-order valence-corrected chi connectivity index (χ3v) is 4.65. The average Bonchev–Trinajstić information content (AvgIpc) is 2.91. The van der Waals surface area contributed by atoms with Gasteiger partial charge in [0.1, 0.15) is 6.29 Å². The van der Waals surface area contributed by atoms with Crippen molar-refractivity contribution >= 4 is 23.8 Å². The van der Waals surface area contributed by atoms with E-state index in [-0.39, 0.29) is 18.2 Å². The minimum Gasteiger partial charge on any atom is -0.303 e. The number of nitrogens with zero attached hydrogens (tertiary/aromatic N) is 1. The first kappa shape index (κ1) is 16.1. The predicted octanol–water partition coefficient (Wildman–Crippen LogP) is 3.01. The molecule has 122 valence electrons. The van der Waals surface area contributed by atoms with E-state index in [4.69, 9.17) is 0 Å². The van der Waals surface area contributed by atoms with Crippen LogP contribution in [0.15, 0.2) is 60.7 Å². The summed E-state index contributed by atoms with van der Waals surface area (Å²) in [5.74, 6) is -1.18. The van der Waals surface area contributed by atoms with Gasteiger partial charge < -0.3 is 4.79 Å². The molecule has 1 heterocycles. The van der Waals surface area contributed by atoms with Crippen LogP contribution in [0, 0.1) is 11.3 Å². The van der Waals surface area contributed by atoms with Gasteiger partial charge in [-0.1, -0.05) is 55.5 Å². The van der Waals surface area contributed by atoms with E-state index in [1.165, 1.54) is 4.90 Å². The number of aldehydes is 1. The maximum atomic E-state index is 12.9. The first-order valence-corrected chi connectivity index (χ1v) is 7.97. The van der Waals surface area contributed by atoms with Crippen molar-refractivity contribution in [3.8, 4) is 0 Å². The van der Waals surface area contributed by atoms with Crippen LogP contribution < -0.4 is 4.90 Å². The van der Waals surface area contributed by atoms with Gasteiger partial charge in [0.2, 0.25) is 11.8 Å². The number of benzene rings is 2. The largest absolute Gasteiger partial charge is 0.303 e. The zero-order chi connectivity index (χ0) is 17.2. The Morgan fingerprint density at radius 3 is 2.21 bits per heavy atom. The highest BCUT2D eigenvalue weighted by atomic mass is 16.2. The number of anilines is 1. The van der Waals surface area contributed by atoms with E-state index >= 15 is 0 Å². The molecule has 1 unspecified atom stereocenters. The third-order valence-electron chi connectivity index (χ3n) is 4.65. The highest BCUT2D eigenvalue weighted by Gasteiger charge is 2.49. The van der Waals surface area contributed by atoms with Crippen LogP contribution in [0.4, 0.5) is 5.69 Å². The van der Waals surface area contributed by atoms with Gasteiger partial charge in [-0.2, -0.15) is 0 Å². The summed E-state index contributed by atoms with van der Waals surface area (Å²) in [5, 5.41) is 0. The molecule has 1 aliphatic heterocycles. The second kappa shape index (κ2) is 6.40. The summed E-state index contributed by atoms with van der Waals surface area (Å²) in [6, 6.07) is 18.4. The predicted molar refractivity (Wildman–Crippen MR) is 91.4 cm³/mol. The number of carbonyl (C=O) groups excluding carboxylic acids is 3. The molecular formula is C20H19NO3. The molecule has 0 radical (unpaired) electrons. The maximum Gasteiger partial charge on any atom is 0.238 e. The SMILES string of the molecule is CC(C=O)(Cc1ccccc1)[C@@H]1CC(=O)N(c2ccccc2)C1=O. The molecule has 0 saturated carbocycles. The first-order chi connectivity index (χ1) is 11.5. The summed E-state index contributed by atoms with van der Waals surface area (Å²) in [4.78, 5) is 38.3. The molecular weight excluding hydrogens is 302 g/mol. The van der Waals surface area contributed by atoms with Crippen molar-refractivity contribution in [1.29, 1.82) is 0 Å². The van der Waals surface area contributed by atoms with Gasteiger partial charge >= 0.3 is 0 Å². The molecule has 2 amide bonds. The summed E-state index contributed by atoms with van der Waals surface area (Å²) in [7, 11) is 0. The second-order valence-electron chi connectivity index (χ2n) is 6.45. The summed E-state index contributed by atoms with van der Waals surface area (Å²) in [6.45, 7) is 1.76.